The predicted octanol–water partition coefficient (Wildman–Crippen LogP) is 1.90. The summed E-state index contributed by atoms with van der Waals surface area (Å²) in [6.45, 7) is 4.49. The van der Waals surface area contributed by atoms with Crippen LogP contribution in [0.4, 0.5) is 0 Å². The first kappa shape index (κ1) is 17.7. The monoisotopic (exact) mass is 355 g/mol. The van der Waals surface area contributed by atoms with Gasteiger partial charge in [0.25, 0.3) is 11.7 Å². The number of ether oxygens (including phenoxy) is 2. The molecule has 0 spiro atoms. The highest BCUT2D eigenvalue weighted by Crippen LogP contribution is 2.25. The van der Waals surface area contributed by atoms with Crippen molar-refractivity contribution in [3.8, 4) is 11.5 Å². The van der Waals surface area contributed by atoms with Crippen LogP contribution in [0.15, 0.2) is 30.3 Å². The summed E-state index contributed by atoms with van der Waals surface area (Å²) in [6.07, 6.45) is 0. The third-order valence-corrected chi connectivity index (χ3v) is 3.91. The van der Waals surface area contributed by atoms with Gasteiger partial charge in [0.1, 0.15) is 6.61 Å². The summed E-state index contributed by atoms with van der Waals surface area (Å²) in [6, 6.07) is 9.27. The molecule has 0 saturated carbocycles. The number of fused-ring (bicyclic) bond motifs is 1. The quantitative estimate of drug-likeness (QED) is 0.672. The molecule has 136 valence electrons. The fourth-order valence-corrected chi connectivity index (χ4v) is 2.56. The molecule has 1 amide bonds. The zero-order valence-corrected chi connectivity index (χ0v) is 15.3. The number of aryl methyl sites for hydroxylation is 2. The van der Waals surface area contributed by atoms with Crippen molar-refractivity contribution in [2.45, 2.75) is 13.8 Å². The summed E-state index contributed by atoms with van der Waals surface area (Å²) in [4.78, 5) is 22.6. The molecule has 1 aromatic carbocycles. The highest BCUT2D eigenvalue weighted by Gasteiger charge is 2.19. The van der Waals surface area contributed by atoms with Crippen LogP contribution in [0.25, 0.3) is 5.78 Å². The zero-order chi connectivity index (χ0) is 18.7. The van der Waals surface area contributed by atoms with E-state index < -0.39 is 0 Å². The first-order valence-corrected chi connectivity index (χ1v) is 8.22. The number of amides is 1. The van der Waals surface area contributed by atoms with E-state index in [-0.39, 0.29) is 11.7 Å². The number of aromatic nitrogens is 4. The number of methoxy groups -OCH3 is 1. The molecule has 3 aromatic rings. The van der Waals surface area contributed by atoms with Crippen molar-refractivity contribution in [1.29, 1.82) is 0 Å². The van der Waals surface area contributed by atoms with Crippen LogP contribution in [-0.2, 0) is 0 Å². The van der Waals surface area contributed by atoms with E-state index in [1.54, 1.807) is 18.7 Å². The number of rotatable bonds is 6. The first-order chi connectivity index (χ1) is 12.5. The average molecular weight is 355 g/mol. The maximum Gasteiger partial charge on any atom is 0.293 e. The van der Waals surface area contributed by atoms with E-state index in [4.69, 9.17) is 9.47 Å². The lowest BCUT2D eigenvalue weighted by Gasteiger charge is -2.16. The Bertz CT molecular complexity index is 938. The van der Waals surface area contributed by atoms with Crippen LogP contribution >= 0.6 is 0 Å². The molecule has 0 radical (unpaired) electrons. The standard InChI is InChI=1S/C18H21N5O3/c1-12-11-13(2)23-18(19-12)20-16(21-23)17(24)22(3)9-10-26-15-8-6-5-7-14(15)25-4/h5-8,11H,9-10H2,1-4H3. The largest absolute Gasteiger partial charge is 0.493 e. The molecule has 8 nitrogen and oxygen atoms in total. The number of para-hydroxylation sites is 2. The zero-order valence-electron chi connectivity index (χ0n) is 15.3. The van der Waals surface area contributed by atoms with E-state index in [0.29, 0.717) is 30.4 Å². The van der Waals surface area contributed by atoms with Crippen LogP contribution in [0, 0.1) is 13.8 Å². The van der Waals surface area contributed by atoms with E-state index in [9.17, 15) is 4.79 Å². The van der Waals surface area contributed by atoms with Crippen LogP contribution in [0.5, 0.6) is 11.5 Å². The SMILES string of the molecule is COc1ccccc1OCCN(C)C(=O)c1nc2nc(C)cc(C)n2n1. The number of nitrogens with zero attached hydrogens (tertiary/aromatic N) is 5. The Morgan fingerprint density at radius 3 is 2.65 bits per heavy atom. The minimum Gasteiger partial charge on any atom is -0.493 e. The molecule has 0 bridgehead atoms. The Hall–Kier alpha value is -3.16. The van der Waals surface area contributed by atoms with Gasteiger partial charge >= 0.3 is 0 Å². The smallest absolute Gasteiger partial charge is 0.293 e. The van der Waals surface area contributed by atoms with Crippen LogP contribution in [0.1, 0.15) is 22.0 Å². The van der Waals surface area contributed by atoms with Crippen molar-refractivity contribution in [3.05, 3.63) is 47.5 Å². The Kier molecular flexibility index (Phi) is 5.01. The molecule has 0 aliphatic heterocycles. The summed E-state index contributed by atoms with van der Waals surface area (Å²) >= 11 is 0. The highest BCUT2D eigenvalue weighted by atomic mass is 16.5. The van der Waals surface area contributed by atoms with E-state index in [0.717, 1.165) is 11.4 Å². The average Bonchev–Trinajstić information content (AvgIpc) is 3.05. The molecule has 0 atom stereocenters. The van der Waals surface area contributed by atoms with E-state index >= 15 is 0 Å². The third kappa shape index (κ3) is 3.58. The topological polar surface area (TPSA) is 81.9 Å². The number of benzene rings is 1. The number of carbonyl (C=O) groups excluding carboxylic acids is 1. The summed E-state index contributed by atoms with van der Waals surface area (Å²) in [5.41, 5.74) is 1.71. The molecule has 26 heavy (non-hydrogen) atoms. The van der Waals surface area contributed by atoms with Gasteiger partial charge in [0, 0.05) is 18.4 Å². The normalized spacial score (nSPS) is 10.8. The fourth-order valence-electron chi connectivity index (χ4n) is 2.56. The second-order valence-corrected chi connectivity index (χ2v) is 5.91. The minimum absolute atomic E-state index is 0.117. The van der Waals surface area contributed by atoms with E-state index in [1.165, 1.54) is 4.90 Å². The minimum atomic E-state index is -0.281. The van der Waals surface area contributed by atoms with Crippen LogP contribution < -0.4 is 9.47 Å². The van der Waals surface area contributed by atoms with Gasteiger partial charge in [-0.05, 0) is 32.0 Å². The molecule has 0 aliphatic carbocycles. The Balaban J connectivity index is 1.65. The molecule has 0 aliphatic rings. The number of carbonyl (C=O) groups is 1. The molecule has 0 unspecified atom stereocenters. The van der Waals surface area contributed by atoms with Crippen LogP contribution in [-0.4, -0.2) is 57.7 Å². The molecular weight excluding hydrogens is 334 g/mol. The molecule has 0 saturated heterocycles. The van der Waals surface area contributed by atoms with Gasteiger partial charge in [-0.2, -0.15) is 4.98 Å². The second kappa shape index (κ2) is 7.38. The molecule has 2 heterocycles. The number of hydrogen-bond donors (Lipinski definition) is 0. The van der Waals surface area contributed by atoms with Crippen LogP contribution in [0.2, 0.25) is 0 Å². The first-order valence-electron chi connectivity index (χ1n) is 8.22. The van der Waals surface area contributed by atoms with Gasteiger partial charge in [-0.15, -0.1) is 5.10 Å². The highest BCUT2D eigenvalue weighted by molar-refractivity contribution is 5.90. The third-order valence-electron chi connectivity index (χ3n) is 3.91. The van der Waals surface area contributed by atoms with Gasteiger partial charge in [-0.25, -0.2) is 9.50 Å². The maximum absolute atomic E-state index is 12.6. The number of hydrogen-bond acceptors (Lipinski definition) is 6. The van der Waals surface area contributed by atoms with Crippen molar-refractivity contribution in [3.63, 3.8) is 0 Å². The van der Waals surface area contributed by atoms with Gasteiger partial charge < -0.3 is 14.4 Å². The summed E-state index contributed by atoms with van der Waals surface area (Å²) in [5, 5.41) is 4.26. The Labute approximate surface area is 151 Å². The fraction of sp³-hybridized carbons (Fsp3) is 0.333. The lowest BCUT2D eigenvalue weighted by atomic mass is 10.3. The molecule has 2 aromatic heterocycles. The Morgan fingerprint density at radius 2 is 1.92 bits per heavy atom. The van der Waals surface area contributed by atoms with Crippen molar-refractivity contribution < 1.29 is 14.3 Å². The summed E-state index contributed by atoms with van der Waals surface area (Å²) < 4.78 is 12.5. The van der Waals surface area contributed by atoms with Gasteiger partial charge in [0.05, 0.1) is 13.7 Å². The van der Waals surface area contributed by atoms with Crippen molar-refractivity contribution in [2.24, 2.45) is 0 Å². The van der Waals surface area contributed by atoms with Gasteiger partial charge in [-0.1, -0.05) is 12.1 Å². The van der Waals surface area contributed by atoms with Gasteiger partial charge in [-0.3, -0.25) is 4.79 Å². The van der Waals surface area contributed by atoms with Crippen LogP contribution in [0.3, 0.4) is 0 Å². The van der Waals surface area contributed by atoms with Gasteiger partial charge in [0.2, 0.25) is 5.82 Å². The van der Waals surface area contributed by atoms with Crippen molar-refractivity contribution in [1.82, 2.24) is 24.5 Å². The van der Waals surface area contributed by atoms with E-state index in [1.807, 2.05) is 44.2 Å². The summed E-state index contributed by atoms with van der Waals surface area (Å²) in [7, 11) is 3.27. The number of likely N-dealkylation sites (N-methyl/N-ethyl adjacent to an activating group) is 1. The molecule has 3 rings (SSSR count). The lowest BCUT2D eigenvalue weighted by molar-refractivity contribution is 0.0761. The van der Waals surface area contributed by atoms with Crippen molar-refractivity contribution in [2.75, 3.05) is 27.3 Å². The molecule has 0 N–H and O–H groups in total. The van der Waals surface area contributed by atoms with E-state index in [2.05, 4.69) is 15.1 Å². The summed E-state index contributed by atoms with van der Waals surface area (Å²) in [5.74, 6) is 1.55. The molecule has 0 fully saturated rings. The van der Waals surface area contributed by atoms with Crippen molar-refractivity contribution >= 4 is 11.7 Å². The van der Waals surface area contributed by atoms with Gasteiger partial charge in [0.15, 0.2) is 11.5 Å². The Morgan fingerprint density at radius 1 is 1.19 bits per heavy atom. The maximum atomic E-state index is 12.6. The predicted molar refractivity (Wildman–Crippen MR) is 95.7 cm³/mol. The second-order valence-electron chi connectivity index (χ2n) is 5.91. The molecule has 8 heteroatoms. The lowest BCUT2D eigenvalue weighted by Crippen LogP contribution is -2.31. The molecular formula is C18H21N5O3.